The SMILES string of the molecule is COc1cc(F)c(C(Br)C2CCCC2)c(F)c1. The standard InChI is InChI=1S/C13H15BrF2O/c1-17-9-6-10(15)12(11(16)7-9)13(14)8-4-2-3-5-8/h6-8,13H,2-5H2,1H3. The van der Waals surface area contributed by atoms with Gasteiger partial charge in [0, 0.05) is 22.5 Å². The van der Waals surface area contributed by atoms with Gasteiger partial charge in [-0.15, -0.1) is 0 Å². The summed E-state index contributed by atoms with van der Waals surface area (Å²) in [7, 11) is 1.40. The first kappa shape index (κ1) is 12.8. The second-order valence-corrected chi connectivity index (χ2v) is 5.44. The second-order valence-electron chi connectivity index (χ2n) is 4.45. The number of halogens is 3. The largest absolute Gasteiger partial charge is 0.497 e. The number of methoxy groups -OCH3 is 1. The second kappa shape index (κ2) is 5.34. The van der Waals surface area contributed by atoms with Crippen LogP contribution in [-0.2, 0) is 0 Å². The number of ether oxygens (including phenoxy) is 1. The van der Waals surface area contributed by atoms with Gasteiger partial charge in [0.1, 0.15) is 17.4 Å². The van der Waals surface area contributed by atoms with Gasteiger partial charge in [0.05, 0.1) is 7.11 Å². The van der Waals surface area contributed by atoms with Gasteiger partial charge in [0.2, 0.25) is 0 Å². The van der Waals surface area contributed by atoms with E-state index in [4.69, 9.17) is 4.74 Å². The van der Waals surface area contributed by atoms with Crippen molar-refractivity contribution >= 4 is 15.9 Å². The van der Waals surface area contributed by atoms with E-state index in [-0.39, 0.29) is 16.1 Å². The summed E-state index contributed by atoms with van der Waals surface area (Å²) < 4.78 is 32.5. The summed E-state index contributed by atoms with van der Waals surface area (Å²) in [5, 5.41) is 0. The first-order chi connectivity index (χ1) is 8.13. The van der Waals surface area contributed by atoms with E-state index in [1.54, 1.807) is 0 Å². The number of hydrogen-bond donors (Lipinski definition) is 0. The molecule has 0 aromatic heterocycles. The van der Waals surface area contributed by atoms with E-state index in [2.05, 4.69) is 15.9 Å². The average Bonchev–Trinajstić information content (AvgIpc) is 2.81. The molecule has 0 amide bonds. The minimum atomic E-state index is -0.532. The molecule has 0 N–H and O–H groups in total. The monoisotopic (exact) mass is 304 g/mol. The summed E-state index contributed by atoms with van der Waals surface area (Å²) in [6.45, 7) is 0. The molecule has 1 aliphatic carbocycles. The van der Waals surface area contributed by atoms with Crippen molar-refractivity contribution in [2.24, 2.45) is 5.92 Å². The maximum atomic E-state index is 13.9. The molecule has 4 heteroatoms. The Kier molecular flexibility index (Phi) is 4.02. The Labute approximate surface area is 108 Å². The summed E-state index contributed by atoms with van der Waals surface area (Å²) >= 11 is 3.44. The lowest BCUT2D eigenvalue weighted by Crippen LogP contribution is -2.08. The molecule has 0 radical (unpaired) electrons. The smallest absolute Gasteiger partial charge is 0.134 e. The Balaban J connectivity index is 2.30. The third kappa shape index (κ3) is 2.62. The molecule has 94 valence electrons. The highest BCUT2D eigenvalue weighted by atomic mass is 79.9. The summed E-state index contributed by atoms with van der Waals surface area (Å²) in [5.74, 6) is -0.520. The first-order valence-electron chi connectivity index (χ1n) is 5.80. The van der Waals surface area contributed by atoms with Gasteiger partial charge in [-0.2, -0.15) is 0 Å². The predicted molar refractivity (Wildman–Crippen MR) is 66.5 cm³/mol. The molecular formula is C13H15BrF2O. The highest BCUT2D eigenvalue weighted by Gasteiger charge is 2.28. The topological polar surface area (TPSA) is 9.23 Å². The van der Waals surface area contributed by atoms with E-state index < -0.39 is 11.6 Å². The Bertz CT molecular complexity index is 379. The molecule has 0 heterocycles. The van der Waals surface area contributed by atoms with Gasteiger partial charge in [0.25, 0.3) is 0 Å². The van der Waals surface area contributed by atoms with Crippen LogP contribution in [0.5, 0.6) is 5.75 Å². The summed E-state index contributed by atoms with van der Waals surface area (Å²) in [6.07, 6.45) is 4.35. The molecule has 2 rings (SSSR count). The minimum Gasteiger partial charge on any atom is -0.497 e. The van der Waals surface area contributed by atoms with Crippen molar-refractivity contribution in [1.82, 2.24) is 0 Å². The van der Waals surface area contributed by atoms with Gasteiger partial charge < -0.3 is 4.74 Å². The van der Waals surface area contributed by atoms with E-state index in [1.165, 1.54) is 19.2 Å². The molecule has 1 atom stereocenters. The van der Waals surface area contributed by atoms with Crippen LogP contribution in [0.1, 0.15) is 36.1 Å². The Morgan fingerprint density at radius 3 is 2.24 bits per heavy atom. The minimum absolute atomic E-state index is 0.137. The molecule has 0 aliphatic heterocycles. The predicted octanol–water partition coefficient (Wildman–Crippen LogP) is 4.60. The molecule has 1 saturated carbocycles. The Morgan fingerprint density at radius 2 is 1.76 bits per heavy atom. The Morgan fingerprint density at radius 1 is 1.24 bits per heavy atom. The zero-order valence-corrected chi connectivity index (χ0v) is 11.3. The lowest BCUT2D eigenvalue weighted by atomic mass is 9.97. The van der Waals surface area contributed by atoms with Crippen LogP contribution in [0.4, 0.5) is 8.78 Å². The summed E-state index contributed by atoms with van der Waals surface area (Å²) in [6, 6.07) is 2.48. The maximum Gasteiger partial charge on any atom is 0.134 e. The normalized spacial score (nSPS) is 18.4. The molecule has 1 nitrogen and oxygen atoms in total. The van der Waals surface area contributed by atoms with E-state index in [1.807, 2.05) is 0 Å². The number of rotatable bonds is 3. The fraction of sp³-hybridized carbons (Fsp3) is 0.538. The van der Waals surface area contributed by atoms with E-state index >= 15 is 0 Å². The molecule has 1 aromatic rings. The summed E-state index contributed by atoms with van der Waals surface area (Å²) in [4.78, 5) is -0.240. The Hall–Kier alpha value is -0.640. The molecule has 1 unspecified atom stereocenters. The van der Waals surface area contributed by atoms with Crippen LogP contribution in [0.15, 0.2) is 12.1 Å². The number of hydrogen-bond acceptors (Lipinski definition) is 1. The van der Waals surface area contributed by atoms with E-state index in [0.29, 0.717) is 5.92 Å². The van der Waals surface area contributed by atoms with Crippen LogP contribution in [-0.4, -0.2) is 7.11 Å². The molecule has 0 spiro atoms. The molecular weight excluding hydrogens is 290 g/mol. The van der Waals surface area contributed by atoms with Gasteiger partial charge >= 0.3 is 0 Å². The van der Waals surface area contributed by atoms with Crippen LogP contribution < -0.4 is 4.74 Å². The van der Waals surface area contributed by atoms with Gasteiger partial charge in [-0.1, -0.05) is 28.8 Å². The van der Waals surface area contributed by atoms with Crippen molar-refractivity contribution in [3.8, 4) is 5.75 Å². The van der Waals surface area contributed by atoms with Crippen molar-refractivity contribution < 1.29 is 13.5 Å². The summed E-state index contributed by atoms with van der Waals surface area (Å²) in [5.41, 5.74) is 0.137. The molecule has 17 heavy (non-hydrogen) atoms. The third-order valence-corrected chi connectivity index (χ3v) is 4.58. The van der Waals surface area contributed by atoms with E-state index in [0.717, 1.165) is 25.7 Å². The fourth-order valence-corrected chi connectivity index (χ4v) is 3.39. The number of alkyl halides is 1. The molecule has 0 saturated heterocycles. The fourth-order valence-electron chi connectivity index (χ4n) is 2.43. The van der Waals surface area contributed by atoms with Gasteiger partial charge in [-0.05, 0) is 18.8 Å². The van der Waals surface area contributed by atoms with Crippen LogP contribution in [0.3, 0.4) is 0 Å². The molecule has 1 aliphatic rings. The van der Waals surface area contributed by atoms with Crippen LogP contribution in [0.2, 0.25) is 0 Å². The van der Waals surface area contributed by atoms with Gasteiger partial charge in [-0.3, -0.25) is 0 Å². The lowest BCUT2D eigenvalue weighted by Gasteiger charge is -2.19. The van der Waals surface area contributed by atoms with Crippen LogP contribution >= 0.6 is 15.9 Å². The molecule has 0 bridgehead atoms. The zero-order valence-electron chi connectivity index (χ0n) is 9.68. The van der Waals surface area contributed by atoms with Crippen LogP contribution in [0, 0.1) is 17.6 Å². The van der Waals surface area contributed by atoms with Crippen molar-refractivity contribution in [2.75, 3.05) is 7.11 Å². The van der Waals surface area contributed by atoms with Gasteiger partial charge in [-0.25, -0.2) is 8.78 Å². The van der Waals surface area contributed by atoms with E-state index in [9.17, 15) is 8.78 Å². The first-order valence-corrected chi connectivity index (χ1v) is 6.72. The highest BCUT2D eigenvalue weighted by molar-refractivity contribution is 9.09. The van der Waals surface area contributed by atoms with Crippen molar-refractivity contribution in [3.63, 3.8) is 0 Å². The number of benzene rings is 1. The maximum absolute atomic E-state index is 13.9. The third-order valence-electron chi connectivity index (χ3n) is 3.38. The highest BCUT2D eigenvalue weighted by Crippen LogP contribution is 2.43. The van der Waals surface area contributed by atoms with Crippen LogP contribution in [0.25, 0.3) is 0 Å². The molecule has 1 aromatic carbocycles. The van der Waals surface area contributed by atoms with Crippen molar-refractivity contribution in [2.45, 2.75) is 30.5 Å². The van der Waals surface area contributed by atoms with Crippen molar-refractivity contribution in [3.05, 3.63) is 29.3 Å². The zero-order chi connectivity index (χ0) is 12.4. The van der Waals surface area contributed by atoms with Crippen molar-refractivity contribution in [1.29, 1.82) is 0 Å². The van der Waals surface area contributed by atoms with Gasteiger partial charge in [0.15, 0.2) is 0 Å². The average molecular weight is 305 g/mol. The quantitative estimate of drug-likeness (QED) is 0.742. The molecule has 1 fully saturated rings. The lowest BCUT2D eigenvalue weighted by molar-refractivity contribution is 0.403.